The van der Waals surface area contributed by atoms with E-state index in [2.05, 4.69) is 9.97 Å². The molecule has 2 rings (SSSR count). The van der Waals surface area contributed by atoms with Crippen LogP contribution < -0.4 is 0 Å². The van der Waals surface area contributed by atoms with Crippen LogP contribution in [0, 0.1) is 6.92 Å². The van der Waals surface area contributed by atoms with Gasteiger partial charge in [-0.1, -0.05) is 0 Å². The van der Waals surface area contributed by atoms with E-state index >= 15 is 0 Å². The normalized spacial score (nSPS) is 10.6. The molecule has 11 heavy (non-hydrogen) atoms. The van der Waals surface area contributed by atoms with Crippen molar-refractivity contribution in [3.8, 4) is 5.88 Å². The van der Waals surface area contributed by atoms with Gasteiger partial charge >= 0.3 is 0 Å². The number of hydrogen-bond acceptors (Lipinski definition) is 4. The van der Waals surface area contributed by atoms with Crippen molar-refractivity contribution in [3.05, 3.63) is 17.3 Å². The molecule has 2 heterocycles. The molecule has 0 amide bonds. The van der Waals surface area contributed by atoms with Crippen LogP contribution in [0.2, 0.25) is 0 Å². The lowest BCUT2D eigenvalue weighted by Crippen LogP contribution is -1.81. The number of pyridine rings is 1. The summed E-state index contributed by atoms with van der Waals surface area (Å²) in [6, 6.07) is 1.62. The van der Waals surface area contributed by atoms with Crippen LogP contribution in [0.4, 0.5) is 0 Å². The van der Waals surface area contributed by atoms with Crippen molar-refractivity contribution >= 4 is 21.6 Å². The fourth-order valence-electron chi connectivity index (χ4n) is 1.00. The molecule has 0 radical (unpaired) electrons. The summed E-state index contributed by atoms with van der Waals surface area (Å²) in [5.41, 5.74) is 3.41. The summed E-state index contributed by atoms with van der Waals surface area (Å²) in [6.45, 7) is 1.84. The summed E-state index contributed by atoms with van der Waals surface area (Å²) in [5, 5.41) is 9.10. The molecule has 0 saturated heterocycles. The van der Waals surface area contributed by atoms with E-state index in [1.54, 1.807) is 11.6 Å². The largest absolute Gasteiger partial charge is 0.493 e. The minimum Gasteiger partial charge on any atom is -0.493 e. The molecule has 0 aromatic carbocycles. The molecule has 2 aromatic rings. The maximum Gasteiger partial charge on any atom is 0.212 e. The van der Waals surface area contributed by atoms with Crippen molar-refractivity contribution in [2.45, 2.75) is 6.92 Å². The molecule has 0 bridgehead atoms. The first kappa shape index (κ1) is 6.54. The van der Waals surface area contributed by atoms with Crippen LogP contribution in [-0.4, -0.2) is 15.1 Å². The van der Waals surface area contributed by atoms with Crippen LogP contribution in [0.1, 0.15) is 5.69 Å². The number of aromatic nitrogens is 2. The Morgan fingerprint density at radius 3 is 3.18 bits per heavy atom. The van der Waals surface area contributed by atoms with E-state index in [-0.39, 0.29) is 5.88 Å². The molecule has 0 fully saturated rings. The van der Waals surface area contributed by atoms with E-state index in [9.17, 15) is 0 Å². The zero-order valence-corrected chi connectivity index (χ0v) is 6.72. The fourth-order valence-corrected chi connectivity index (χ4v) is 1.76. The zero-order valence-electron chi connectivity index (χ0n) is 5.90. The van der Waals surface area contributed by atoms with Gasteiger partial charge in [-0.25, -0.2) is 9.97 Å². The van der Waals surface area contributed by atoms with Gasteiger partial charge in [0.2, 0.25) is 5.88 Å². The van der Waals surface area contributed by atoms with Gasteiger partial charge in [-0.15, -0.1) is 11.3 Å². The second-order valence-corrected chi connectivity index (χ2v) is 3.15. The highest BCUT2D eigenvalue weighted by Gasteiger charge is 2.02. The molecule has 3 nitrogen and oxygen atoms in total. The monoisotopic (exact) mass is 166 g/mol. The standard InChI is InChI=1S/C7H6N2OS/c1-4-7-5(11-3-8-7)2-6(10)9-4/h2-3H,1H3,(H,9,10). The van der Waals surface area contributed by atoms with Gasteiger partial charge in [-0.3, -0.25) is 0 Å². The first-order valence-corrected chi connectivity index (χ1v) is 4.05. The highest BCUT2D eigenvalue weighted by molar-refractivity contribution is 7.16. The molecule has 2 aromatic heterocycles. The summed E-state index contributed by atoms with van der Waals surface area (Å²) in [7, 11) is 0. The summed E-state index contributed by atoms with van der Waals surface area (Å²) < 4.78 is 0.981. The molecule has 4 heteroatoms. The summed E-state index contributed by atoms with van der Waals surface area (Å²) in [6.07, 6.45) is 0. The zero-order chi connectivity index (χ0) is 7.84. The number of aryl methyl sites for hydroxylation is 1. The third-order valence-electron chi connectivity index (χ3n) is 1.48. The fraction of sp³-hybridized carbons (Fsp3) is 0.143. The molecule has 1 N–H and O–H groups in total. The Hall–Kier alpha value is -1.16. The summed E-state index contributed by atoms with van der Waals surface area (Å²) >= 11 is 1.50. The van der Waals surface area contributed by atoms with Gasteiger partial charge in [-0.2, -0.15) is 0 Å². The number of thiazole rings is 1. The van der Waals surface area contributed by atoms with Crippen molar-refractivity contribution in [1.82, 2.24) is 9.97 Å². The Morgan fingerprint density at radius 2 is 2.36 bits per heavy atom. The lowest BCUT2D eigenvalue weighted by molar-refractivity contribution is 0.453. The third kappa shape index (κ3) is 0.952. The van der Waals surface area contributed by atoms with Crippen LogP contribution in [-0.2, 0) is 0 Å². The Balaban J connectivity index is 2.91. The molecule has 56 valence electrons. The van der Waals surface area contributed by atoms with Crippen LogP contribution in [0.15, 0.2) is 11.6 Å². The maximum atomic E-state index is 9.10. The van der Waals surface area contributed by atoms with Gasteiger partial charge in [0.05, 0.1) is 15.9 Å². The van der Waals surface area contributed by atoms with Crippen molar-refractivity contribution < 1.29 is 5.11 Å². The molecular formula is C7H6N2OS. The molecule has 0 aliphatic carbocycles. The molecule has 0 spiro atoms. The molecule has 0 aliphatic heterocycles. The quantitative estimate of drug-likeness (QED) is 0.648. The Bertz CT molecular complexity index is 396. The lowest BCUT2D eigenvalue weighted by Gasteiger charge is -1.93. The van der Waals surface area contributed by atoms with E-state index in [1.165, 1.54) is 11.3 Å². The highest BCUT2D eigenvalue weighted by Crippen LogP contribution is 2.22. The van der Waals surface area contributed by atoms with Gasteiger partial charge in [0, 0.05) is 6.07 Å². The minimum absolute atomic E-state index is 0.0688. The molecule has 0 atom stereocenters. The van der Waals surface area contributed by atoms with Gasteiger partial charge in [0.15, 0.2) is 0 Å². The summed E-state index contributed by atoms with van der Waals surface area (Å²) in [5.74, 6) is 0.0688. The van der Waals surface area contributed by atoms with Gasteiger partial charge in [0.25, 0.3) is 0 Å². The van der Waals surface area contributed by atoms with E-state index in [0.29, 0.717) is 0 Å². The van der Waals surface area contributed by atoms with Gasteiger partial charge in [0.1, 0.15) is 5.52 Å². The van der Waals surface area contributed by atoms with Crippen molar-refractivity contribution in [2.24, 2.45) is 0 Å². The van der Waals surface area contributed by atoms with Crippen LogP contribution in [0.5, 0.6) is 5.88 Å². The smallest absolute Gasteiger partial charge is 0.212 e. The van der Waals surface area contributed by atoms with Crippen molar-refractivity contribution in [2.75, 3.05) is 0 Å². The van der Waals surface area contributed by atoms with Crippen LogP contribution in [0.25, 0.3) is 10.2 Å². The SMILES string of the molecule is Cc1nc(O)cc2scnc12. The number of aromatic hydroxyl groups is 1. The van der Waals surface area contributed by atoms with E-state index in [0.717, 1.165) is 15.9 Å². The molecule has 0 unspecified atom stereocenters. The van der Waals surface area contributed by atoms with E-state index < -0.39 is 0 Å². The molecular weight excluding hydrogens is 160 g/mol. The number of fused-ring (bicyclic) bond motifs is 1. The highest BCUT2D eigenvalue weighted by atomic mass is 32.1. The van der Waals surface area contributed by atoms with Crippen LogP contribution >= 0.6 is 11.3 Å². The maximum absolute atomic E-state index is 9.10. The minimum atomic E-state index is 0.0688. The predicted octanol–water partition coefficient (Wildman–Crippen LogP) is 1.71. The Morgan fingerprint density at radius 1 is 1.55 bits per heavy atom. The third-order valence-corrected chi connectivity index (χ3v) is 2.26. The second kappa shape index (κ2) is 2.17. The van der Waals surface area contributed by atoms with E-state index in [4.69, 9.17) is 5.11 Å². The molecule has 0 aliphatic rings. The first-order valence-electron chi connectivity index (χ1n) is 3.17. The van der Waals surface area contributed by atoms with E-state index in [1.807, 2.05) is 6.92 Å². The Kier molecular flexibility index (Phi) is 1.29. The van der Waals surface area contributed by atoms with Gasteiger partial charge in [-0.05, 0) is 6.92 Å². The number of hydrogen-bond donors (Lipinski definition) is 1. The number of rotatable bonds is 0. The topological polar surface area (TPSA) is 46.0 Å². The van der Waals surface area contributed by atoms with Crippen molar-refractivity contribution in [1.29, 1.82) is 0 Å². The number of nitrogens with zero attached hydrogens (tertiary/aromatic N) is 2. The average Bonchev–Trinajstić information content (AvgIpc) is 2.34. The summed E-state index contributed by atoms with van der Waals surface area (Å²) in [4.78, 5) is 7.98. The second-order valence-electron chi connectivity index (χ2n) is 2.26. The van der Waals surface area contributed by atoms with Crippen LogP contribution in [0.3, 0.4) is 0 Å². The average molecular weight is 166 g/mol. The Labute approximate surface area is 67.4 Å². The predicted molar refractivity (Wildman–Crippen MR) is 43.8 cm³/mol. The molecule has 0 saturated carbocycles. The first-order chi connectivity index (χ1) is 5.27. The lowest BCUT2D eigenvalue weighted by atomic mass is 10.3. The van der Waals surface area contributed by atoms with Crippen molar-refractivity contribution in [3.63, 3.8) is 0 Å². The van der Waals surface area contributed by atoms with Gasteiger partial charge < -0.3 is 5.11 Å².